The monoisotopic (exact) mass is 577 g/mol. The Balaban J connectivity index is 1.26. The van der Waals surface area contributed by atoms with Crippen molar-refractivity contribution in [1.29, 1.82) is 0 Å². The Morgan fingerprint density at radius 2 is 1.04 bits per heavy atom. The molecule has 45 heavy (non-hydrogen) atoms. The number of hydrogen-bond donors (Lipinski definition) is 0. The fraction of sp³-hybridized carbons (Fsp3) is 0.0250. The third-order valence-electron chi connectivity index (χ3n) is 8.05. The van der Waals surface area contributed by atoms with Crippen LogP contribution in [0.1, 0.15) is 5.56 Å². The first-order chi connectivity index (χ1) is 22.2. The van der Waals surface area contributed by atoms with E-state index in [-0.39, 0.29) is 0 Å². The normalized spacial score (nSPS) is 11.2. The van der Waals surface area contributed by atoms with Crippen LogP contribution in [-0.4, -0.2) is 24.9 Å². The van der Waals surface area contributed by atoms with Gasteiger partial charge in [-0.15, -0.1) is 0 Å². The van der Waals surface area contributed by atoms with E-state index < -0.39 is 0 Å². The summed E-state index contributed by atoms with van der Waals surface area (Å²) in [6.45, 7) is 2.14. The predicted octanol–water partition coefficient (Wildman–Crippen LogP) is 9.61. The number of fused-ring (bicyclic) bond motifs is 3. The first kappa shape index (κ1) is 26.5. The lowest BCUT2D eigenvalue weighted by Crippen LogP contribution is -1.97. The molecule has 4 heterocycles. The van der Waals surface area contributed by atoms with Gasteiger partial charge < -0.3 is 0 Å². The Morgan fingerprint density at radius 1 is 0.400 bits per heavy atom. The summed E-state index contributed by atoms with van der Waals surface area (Å²) in [7, 11) is 0. The highest BCUT2D eigenvalue weighted by Crippen LogP contribution is 2.32. The van der Waals surface area contributed by atoms with E-state index in [0.717, 1.165) is 72.5 Å². The molecule has 4 aromatic carbocycles. The number of rotatable bonds is 5. The molecule has 0 aliphatic heterocycles. The summed E-state index contributed by atoms with van der Waals surface area (Å²) < 4.78 is 0. The Kier molecular flexibility index (Phi) is 6.61. The molecule has 0 amide bonds. The van der Waals surface area contributed by atoms with E-state index in [9.17, 15) is 0 Å². The SMILES string of the molecule is Cc1cc(-c2ccccc2)nc2c1ccc1ccc(-c3cccc(-c4nc(-c5ccccc5)cc(-c5ccccn5)n4)c3)nc12. The zero-order valence-corrected chi connectivity index (χ0v) is 24.6. The number of pyridine rings is 3. The van der Waals surface area contributed by atoms with Crippen LogP contribution in [0.2, 0.25) is 0 Å². The molecule has 0 radical (unpaired) electrons. The van der Waals surface area contributed by atoms with Gasteiger partial charge in [0, 0.05) is 39.2 Å². The minimum Gasteiger partial charge on any atom is -0.255 e. The van der Waals surface area contributed by atoms with Gasteiger partial charge in [0.05, 0.1) is 39.5 Å². The lowest BCUT2D eigenvalue weighted by Gasteiger charge is -2.11. The third-order valence-corrected chi connectivity index (χ3v) is 8.05. The van der Waals surface area contributed by atoms with Gasteiger partial charge in [-0.05, 0) is 48.9 Å². The molecule has 0 N–H and O–H groups in total. The van der Waals surface area contributed by atoms with E-state index in [4.69, 9.17) is 19.9 Å². The molecule has 0 fully saturated rings. The van der Waals surface area contributed by atoms with Crippen molar-refractivity contribution in [2.45, 2.75) is 6.92 Å². The quantitative estimate of drug-likeness (QED) is 0.191. The highest BCUT2D eigenvalue weighted by Gasteiger charge is 2.14. The first-order valence-electron chi connectivity index (χ1n) is 14.9. The third kappa shape index (κ3) is 5.11. The van der Waals surface area contributed by atoms with E-state index in [2.05, 4.69) is 78.6 Å². The molecule has 0 saturated heterocycles. The largest absolute Gasteiger partial charge is 0.255 e. The Hall–Kier alpha value is -6.07. The molecule has 212 valence electrons. The van der Waals surface area contributed by atoms with Gasteiger partial charge >= 0.3 is 0 Å². The second-order valence-electron chi connectivity index (χ2n) is 11.0. The van der Waals surface area contributed by atoms with Gasteiger partial charge in [0.2, 0.25) is 0 Å². The lowest BCUT2D eigenvalue weighted by molar-refractivity contribution is 1.16. The molecule has 8 aromatic rings. The molecule has 0 aliphatic rings. The average molecular weight is 578 g/mol. The molecule has 0 saturated carbocycles. The highest BCUT2D eigenvalue weighted by atomic mass is 14.9. The summed E-state index contributed by atoms with van der Waals surface area (Å²) in [6, 6.07) is 47.2. The number of nitrogens with zero attached hydrogens (tertiary/aromatic N) is 5. The molecular formula is C40H27N5. The summed E-state index contributed by atoms with van der Waals surface area (Å²) >= 11 is 0. The van der Waals surface area contributed by atoms with E-state index >= 15 is 0 Å². The zero-order valence-electron chi connectivity index (χ0n) is 24.6. The van der Waals surface area contributed by atoms with Crippen LogP contribution in [-0.2, 0) is 0 Å². The van der Waals surface area contributed by atoms with Gasteiger partial charge in [-0.3, -0.25) is 4.98 Å². The zero-order chi connectivity index (χ0) is 30.2. The summed E-state index contributed by atoms with van der Waals surface area (Å²) in [5, 5.41) is 2.16. The lowest BCUT2D eigenvalue weighted by atomic mass is 10.0. The van der Waals surface area contributed by atoms with E-state index in [1.54, 1.807) is 6.20 Å². The maximum Gasteiger partial charge on any atom is 0.160 e. The van der Waals surface area contributed by atoms with E-state index in [1.807, 2.05) is 72.8 Å². The highest BCUT2D eigenvalue weighted by molar-refractivity contribution is 6.05. The standard InChI is InChI=1S/C40H27N5/c1-26-23-35(27-11-4-2-5-12-27)43-39-32(26)20-18-29-19-21-33(42-38(29)39)30-15-10-16-31(24-30)40-44-36(28-13-6-3-7-14-28)25-37(45-40)34-17-8-9-22-41-34/h2-25H,1H3. The van der Waals surface area contributed by atoms with Crippen molar-refractivity contribution in [1.82, 2.24) is 24.9 Å². The molecule has 4 aromatic heterocycles. The summed E-state index contributed by atoms with van der Waals surface area (Å²) in [6.07, 6.45) is 1.79. The number of aryl methyl sites for hydroxylation is 1. The predicted molar refractivity (Wildman–Crippen MR) is 182 cm³/mol. The van der Waals surface area contributed by atoms with Crippen molar-refractivity contribution in [2.24, 2.45) is 0 Å². The maximum atomic E-state index is 5.20. The van der Waals surface area contributed by atoms with Crippen molar-refractivity contribution >= 4 is 21.8 Å². The van der Waals surface area contributed by atoms with Crippen molar-refractivity contribution in [3.63, 3.8) is 0 Å². The van der Waals surface area contributed by atoms with Crippen LogP contribution in [0.3, 0.4) is 0 Å². The molecule has 0 atom stereocenters. The molecule has 5 nitrogen and oxygen atoms in total. The van der Waals surface area contributed by atoms with Crippen molar-refractivity contribution in [3.8, 4) is 56.5 Å². The van der Waals surface area contributed by atoms with Crippen molar-refractivity contribution in [2.75, 3.05) is 0 Å². The fourth-order valence-corrected chi connectivity index (χ4v) is 5.75. The van der Waals surface area contributed by atoms with Crippen LogP contribution >= 0.6 is 0 Å². The maximum absolute atomic E-state index is 5.20. The minimum absolute atomic E-state index is 0.634. The van der Waals surface area contributed by atoms with Gasteiger partial charge in [0.1, 0.15) is 0 Å². The van der Waals surface area contributed by atoms with Crippen LogP contribution < -0.4 is 0 Å². The second-order valence-corrected chi connectivity index (χ2v) is 11.0. The Morgan fingerprint density at radius 3 is 1.80 bits per heavy atom. The molecule has 8 rings (SSSR count). The topological polar surface area (TPSA) is 64.5 Å². The molecule has 0 spiro atoms. The van der Waals surface area contributed by atoms with Crippen LogP contribution in [0.5, 0.6) is 0 Å². The minimum atomic E-state index is 0.634. The van der Waals surface area contributed by atoms with Crippen molar-refractivity contribution < 1.29 is 0 Å². The van der Waals surface area contributed by atoms with Gasteiger partial charge in [-0.25, -0.2) is 19.9 Å². The fourth-order valence-electron chi connectivity index (χ4n) is 5.75. The van der Waals surface area contributed by atoms with Gasteiger partial charge in [-0.2, -0.15) is 0 Å². The Labute approximate surface area is 261 Å². The molecule has 0 bridgehead atoms. The second kappa shape index (κ2) is 11.2. The molecule has 5 heteroatoms. The van der Waals surface area contributed by atoms with E-state index in [0.29, 0.717) is 5.82 Å². The molecule has 0 aliphatic carbocycles. The van der Waals surface area contributed by atoms with Crippen LogP contribution in [0.15, 0.2) is 146 Å². The number of benzene rings is 4. The summed E-state index contributed by atoms with van der Waals surface area (Å²) in [5.41, 5.74) is 11.2. The smallest absolute Gasteiger partial charge is 0.160 e. The average Bonchev–Trinajstić information content (AvgIpc) is 3.12. The van der Waals surface area contributed by atoms with Gasteiger partial charge in [-0.1, -0.05) is 103 Å². The Bertz CT molecular complexity index is 2260. The van der Waals surface area contributed by atoms with Crippen LogP contribution in [0.25, 0.3) is 78.4 Å². The summed E-state index contributed by atoms with van der Waals surface area (Å²) in [4.78, 5) is 24.9. The number of aromatic nitrogens is 5. The van der Waals surface area contributed by atoms with E-state index in [1.165, 1.54) is 5.56 Å². The van der Waals surface area contributed by atoms with Gasteiger partial charge in [0.25, 0.3) is 0 Å². The van der Waals surface area contributed by atoms with Crippen LogP contribution in [0, 0.1) is 6.92 Å². The number of hydrogen-bond acceptors (Lipinski definition) is 5. The molecule has 0 unspecified atom stereocenters. The van der Waals surface area contributed by atoms with Crippen LogP contribution in [0.4, 0.5) is 0 Å². The first-order valence-corrected chi connectivity index (χ1v) is 14.9. The van der Waals surface area contributed by atoms with Crippen molar-refractivity contribution in [3.05, 3.63) is 151 Å². The summed E-state index contributed by atoms with van der Waals surface area (Å²) in [5.74, 6) is 0.634. The molecular weight excluding hydrogens is 550 g/mol. The van der Waals surface area contributed by atoms with Gasteiger partial charge in [0.15, 0.2) is 5.82 Å².